The number of amidine groups is 1. The smallest absolute Gasteiger partial charge is 0.267 e. The third-order valence-electron chi connectivity index (χ3n) is 5.84. The fraction of sp³-hybridized carbons (Fsp3) is 0.100. The molecule has 3 aromatic carbocycles. The summed E-state index contributed by atoms with van der Waals surface area (Å²) in [5.41, 5.74) is 1.37. The molecule has 11 heteroatoms. The molecule has 1 aliphatic heterocycles. The number of ether oxygens (including phenoxy) is 2. The summed E-state index contributed by atoms with van der Waals surface area (Å²) >= 11 is 7.64. The SMILES string of the molecule is COc1ccc(N=C2S/C(=C\c3ccc(OCC(=O)Nc4ccccc4F)c(Cl)c3)C(=O)N2Cc2ccco2)cc1. The molecule has 208 valence electrons. The molecule has 0 atom stereocenters. The Hall–Kier alpha value is -4.54. The van der Waals surface area contributed by atoms with Crippen LogP contribution >= 0.6 is 23.4 Å². The van der Waals surface area contributed by atoms with E-state index in [1.807, 2.05) is 0 Å². The van der Waals surface area contributed by atoms with Crippen molar-refractivity contribution in [1.29, 1.82) is 0 Å². The lowest BCUT2D eigenvalue weighted by Gasteiger charge is -2.14. The minimum atomic E-state index is -0.546. The lowest BCUT2D eigenvalue weighted by Crippen LogP contribution is -2.28. The predicted molar refractivity (Wildman–Crippen MR) is 157 cm³/mol. The highest BCUT2D eigenvalue weighted by Crippen LogP contribution is 2.36. The number of anilines is 1. The Morgan fingerprint density at radius 2 is 1.93 bits per heavy atom. The number of amides is 2. The predicted octanol–water partition coefficient (Wildman–Crippen LogP) is 6.90. The molecular formula is C30H23ClFN3O5S. The maximum Gasteiger partial charge on any atom is 0.267 e. The van der Waals surface area contributed by atoms with Crippen LogP contribution in [-0.2, 0) is 16.1 Å². The number of furan rings is 1. The van der Waals surface area contributed by atoms with Gasteiger partial charge in [-0.3, -0.25) is 14.5 Å². The van der Waals surface area contributed by atoms with E-state index in [0.717, 1.165) is 0 Å². The molecule has 0 saturated carbocycles. The number of aliphatic imine (C=N–C) groups is 1. The first-order valence-electron chi connectivity index (χ1n) is 12.3. The van der Waals surface area contributed by atoms with Gasteiger partial charge >= 0.3 is 0 Å². The molecule has 0 bridgehead atoms. The summed E-state index contributed by atoms with van der Waals surface area (Å²) in [6.07, 6.45) is 3.26. The van der Waals surface area contributed by atoms with E-state index in [1.165, 1.54) is 30.0 Å². The van der Waals surface area contributed by atoms with Crippen molar-refractivity contribution < 1.29 is 27.9 Å². The van der Waals surface area contributed by atoms with Crippen molar-refractivity contribution in [3.63, 3.8) is 0 Å². The van der Waals surface area contributed by atoms with Gasteiger partial charge in [-0.1, -0.05) is 29.8 Å². The summed E-state index contributed by atoms with van der Waals surface area (Å²) in [4.78, 5) is 32.3. The molecule has 0 radical (unpaired) electrons. The average Bonchev–Trinajstić information content (AvgIpc) is 3.58. The van der Waals surface area contributed by atoms with Gasteiger partial charge in [0.05, 0.1) is 41.2 Å². The van der Waals surface area contributed by atoms with Crippen LogP contribution in [0.2, 0.25) is 5.02 Å². The molecular weight excluding hydrogens is 569 g/mol. The molecule has 5 rings (SSSR count). The van der Waals surface area contributed by atoms with E-state index in [-0.39, 0.29) is 35.5 Å². The number of benzene rings is 3. The summed E-state index contributed by atoms with van der Waals surface area (Å²) in [5, 5.41) is 3.19. The van der Waals surface area contributed by atoms with Crippen molar-refractivity contribution in [2.45, 2.75) is 6.54 Å². The molecule has 0 spiro atoms. The lowest BCUT2D eigenvalue weighted by atomic mass is 10.2. The zero-order valence-corrected chi connectivity index (χ0v) is 23.2. The highest BCUT2D eigenvalue weighted by Gasteiger charge is 2.34. The number of carbonyl (C=O) groups excluding carboxylic acids is 2. The summed E-state index contributed by atoms with van der Waals surface area (Å²) < 4.78 is 30.0. The fourth-order valence-electron chi connectivity index (χ4n) is 3.82. The molecule has 0 aliphatic carbocycles. The number of carbonyl (C=O) groups is 2. The maximum absolute atomic E-state index is 13.8. The topological polar surface area (TPSA) is 93.4 Å². The van der Waals surface area contributed by atoms with Gasteiger partial charge in [0, 0.05) is 0 Å². The van der Waals surface area contributed by atoms with Crippen LogP contribution in [0.25, 0.3) is 6.08 Å². The number of para-hydroxylation sites is 1. The third kappa shape index (κ3) is 6.97. The van der Waals surface area contributed by atoms with Crippen molar-refractivity contribution in [2.75, 3.05) is 19.0 Å². The summed E-state index contributed by atoms with van der Waals surface area (Å²) in [6, 6.07) is 21.5. The van der Waals surface area contributed by atoms with E-state index >= 15 is 0 Å². The van der Waals surface area contributed by atoms with Crippen molar-refractivity contribution in [2.24, 2.45) is 4.99 Å². The number of nitrogens with one attached hydrogen (secondary N) is 1. The summed E-state index contributed by atoms with van der Waals surface area (Å²) in [7, 11) is 1.59. The summed E-state index contributed by atoms with van der Waals surface area (Å²) in [5.74, 6) is 0.267. The van der Waals surface area contributed by atoms with Gasteiger partial charge in [0.1, 0.15) is 23.1 Å². The Bertz CT molecular complexity index is 1620. The average molecular weight is 592 g/mol. The number of hydrogen-bond acceptors (Lipinski definition) is 7. The second-order valence-corrected chi connectivity index (χ2v) is 10.1. The molecule has 1 aromatic heterocycles. The standard InChI is InChI=1S/C30H23ClFN3O5S/c1-38-21-11-9-20(10-12-21)33-30-35(17-22-5-4-14-39-22)29(37)27(41-30)16-19-8-13-26(23(31)15-19)40-18-28(36)34-25-7-3-2-6-24(25)32/h2-16H,17-18H2,1H3,(H,34,36)/b27-16-,33-30?. The summed E-state index contributed by atoms with van der Waals surface area (Å²) in [6.45, 7) is -0.149. The minimum absolute atomic E-state index is 0.0592. The Morgan fingerprint density at radius 1 is 1.12 bits per heavy atom. The molecule has 1 saturated heterocycles. The largest absolute Gasteiger partial charge is 0.497 e. The monoisotopic (exact) mass is 591 g/mol. The normalized spacial score (nSPS) is 15.0. The Morgan fingerprint density at radius 3 is 2.63 bits per heavy atom. The molecule has 8 nitrogen and oxygen atoms in total. The van der Waals surface area contributed by atoms with Crippen molar-refractivity contribution >= 4 is 57.8 Å². The molecule has 0 unspecified atom stereocenters. The van der Waals surface area contributed by atoms with Crippen LogP contribution in [0.4, 0.5) is 15.8 Å². The van der Waals surface area contributed by atoms with Crippen LogP contribution in [0.5, 0.6) is 11.5 Å². The maximum atomic E-state index is 13.8. The highest BCUT2D eigenvalue weighted by atomic mass is 35.5. The first-order valence-corrected chi connectivity index (χ1v) is 13.5. The number of halogens is 2. The van der Waals surface area contributed by atoms with E-state index in [4.69, 9.17) is 25.5 Å². The molecule has 2 amide bonds. The second-order valence-electron chi connectivity index (χ2n) is 8.68. The molecule has 1 fully saturated rings. The van der Waals surface area contributed by atoms with E-state index in [1.54, 1.807) is 85.0 Å². The van der Waals surface area contributed by atoms with Crippen molar-refractivity contribution in [3.8, 4) is 11.5 Å². The molecule has 2 heterocycles. The van der Waals surface area contributed by atoms with Crippen LogP contribution < -0.4 is 14.8 Å². The number of nitrogens with zero attached hydrogens (tertiary/aromatic N) is 2. The highest BCUT2D eigenvalue weighted by molar-refractivity contribution is 8.18. The molecule has 41 heavy (non-hydrogen) atoms. The Balaban J connectivity index is 1.31. The zero-order valence-electron chi connectivity index (χ0n) is 21.7. The van der Waals surface area contributed by atoms with Gasteiger partial charge in [-0.05, 0) is 84.1 Å². The van der Waals surface area contributed by atoms with Crippen LogP contribution in [0.1, 0.15) is 11.3 Å². The second kappa shape index (κ2) is 12.8. The van der Waals surface area contributed by atoms with Gasteiger partial charge in [-0.25, -0.2) is 9.38 Å². The first kappa shape index (κ1) is 28.0. The number of thioether (sulfide) groups is 1. The van der Waals surface area contributed by atoms with Gasteiger partial charge in [0.2, 0.25) is 0 Å². The Labute approximate surface area is 244 Å². The van der Waals surface area contributed by atoms with E-state index in [0.29, 0.717) is 32.8 Å². The lowest BCUT2D eigenvalue weighted by molar-refractivity contribution is -0.122. The van der Waals surface area contributed by atoms with Crippen LogP contribution in [0.3, 0.4) is 0 Å². The zero-order chi connectivity index (χ0) is 28.8. The molecule has 1 aliphatic rings. The van der Waals surface area contributed by atoms with Crippen LogP contribution in [0.15, 0.2) is 99.4 Å². The van der Waals surface area contributed by atoms with Crippen molar-refractivity contribution in [3.05, 3.63) is 112 Å². The van der Waals surface area contributed by atoms with Crippen molar-refractivity contribution in [1.82, 2.24) is 4.90 Å². The number of methoxy groups -OCH3 is 1. The van der Waals surface area contributed by atoms with Gasteiger partial charge in [0.25, 0.3) is 11.8 Å². The first-order chi connectivity index (χ1) is 19.9. The van der Waals surface area contributed by atoms with Crippen LogP contribution in [0, 0.1) is 5.82 Å². The van der Waals surface area contributed by atoms with E-state index < -0.39 is 11.7 Å². The quantitative estimate of drug-likeness (QED) is 0.213. The Kier molecular flexibility index (Phi) is 8.71. The minimum Gasteiger partial charge on any atom is -0.497 e. The molecule has 4 aromatic rings. The van der Waals surface area contributed by atoms with E-state index in [9.17, 15) is 14.0 Å². The van der Waals surface area contributed by atoms with Gasteiger partial charge < -0.3 is 19.2 Å². The molecule has 1 N–H and O–H groups in total. The van der Waals surface area contributed by atoms with E-state index in [2.05, 4.69) is 10.3 Å². The fourth-order valence-corrected chi connectivity index (χ4v) is 5.07. The third-order valence-corrected chi connectivity index (χ3v) is 7.14. The van der Waals surface area contributed by atoms with Gasteiger partial charge in [-0.2, -0.15) is 0 Å². The van der Waals surface area contributed by atoms with Gasteiger partial charge in [-0.15, -0.1) is 0 Å². The number of hydrogen-bond donors (Lipinski definition) is 1. The number of rotatable bonds is 9. The van der Waals surface area contributed by atoms with Gasteiger partial charge in [0.15, 0.2) is 11.8 Å². The van der Waals surface area contributed by atoms with Crippen LogP contribution in [-0.4, -0.2) is 35.6 Å².